The summed E-state index contributed by atoms with van der Waals surface area (Å²) in [5.74, 6) is 0.522. The number of hydrogen-bond donors (Lipinski definition) is 1. The lowest BCUT2D eigenvalue weighted by molar-refractivity contribution is -0.384. The largest absolute Gasteiger partial charge is 0.491 e. The number of aromatic amines is 1. The highest BCUT2D eigenvalue weighted by atomic mass is 16.6. The van der Waals surface area contributed by atoms with Crippen LogP contribution in [0.5, 0.6) is 5.75 Å². The number of rotatable bonds is 8. The van der Waals surface area contributed by atoms with Crippen LogP contribution in [0.2, 0.25) is 0 Å². The number of ether oxygens (including phenoxy) is 1. The molecule has 0 amide bonds. The molecule has 26 heavy (non-hydrogen) atoms. The van der Waals surface area contributed by atoms with Crippen LogP contribution in [0.25, 0.3) is 22.0 Å². The van der Waals surface area contributed by atoms with Gasteiger partial charge in [-0.15, -0.1) is 0 Å². The second-order valence-corrected chi connectivity index (χ2v) is 5.98. The fraction of sp³-hybridized carbons (Fsp3) is 0.316. The molecule has 1 heterocycles. The molecular weight excluding hydrogens is 332 g/mol. The van der Waals surface area contributed by atoms with E-state index in [0.29, 0.717) is 12.4 Å². The van der Waals surface area contributed by atoms with Crippen molar-refractivity contribution in [1.29, 1.82) is 0 Å². The molecule has 1 aromatic heterocycles. The minimum absolute atomic E-state index is 0.0241. The van der Waals surface area contributed by atoms with E-state index in [1.165, 1.54) is 12.1 Å². The predicted molar refractivity (Wildman–Crippen MR) is 101 cm³/mol. The molecule has 0 aliphatic heterocycles. The van der Waals surface area contributed by atoms with E-state index in [2.05, 4.69) is 28.9 Å². The minimum Gasteiger partial charge on any atom is -0.491 e. The molecule has 2 aromatic carbocycles. The molecule has 0 saturated carbocycles. The van der Waals surface area contributed by atoms with Gasteiger partial charge in [0.25, 0.3) is 5.69 Å². The molecule has 0 atom stereocenters. The van der Waals surface area contributed by atoms with Gasteiger partial charge in [0.05, 0.1) is 22.7 Å². The third-order valence-electron chi connectivity index (χ3n) is 4.49. The molecule has 0 saturated heterocycles. The lowest BCUT2D eigenvalue weighted by Gasteiger charge is -2.19. The second-order valence-electron chi connectivity index (χ2n) is 5.98. The molecule has 0 spiro atoms. The second kappa shape index (κ2) is 7.97. The van der Waals surface area contributed by atoms with Gasteiger partial charge in [-0.3, -0.25) is 15.2 Å². The van der Waals surface area contributed by atoms with Crippen molar-refractivity contribution < 1.29 is 9.66 Å². The van der Waals surface area contributed by atoms with Gasteiger partial charge in [-0.05, 0) is 36.9 Å². The topological polar surface area (TPSA) is 84.3 Å². The first kappa shape index (κ1) is 17.9. The lowest BCUT2D eigenvalue weighted by Crippen LogP contribution is -2.28. The molecule has 7 heteroatoms. The van der Waals surface area contributed by atoms with Crippen LogP contribution in [0.1, 0.15) is 13.8 Å². The standard InChI is InChI=1S/C19H22N4O3/c1-3-22(4-2)9-10-26-19-12-16(23(24)25)6-7-17(19)14-5-8-18-15(11-14)13-20-21-18/h5-8,11-13H,3-4,9-10H2,1-2H3,(H,20,21). The minimum atomic E-state index is -0.402. The number of benzene rings is 2. The average molecular weight is 354 g/mol. The molecule has 0 unspecified atom stereocenters. The number of hydrogen-bond acceptors (Lipinski definition) is 5. The van der Waals surface area contributed by atoms with Gasteiger partial charge >= 0.3 is 0 Å². The number of nitrogens with one attached hydrogen (secondary N) is 1. The molecule has 1 N–H and O–H groups in total. The third-order valence-corrected chi connectivity index (χ3v) is 4.49. The van der Waals surface area contributed by atoms with Crippen LogP contribution in [0.3, 0.4) is 0 Å². The predicted octanol–water partition coefficient (Wildman–Crippen LogP) is 3.86. The zero-order valence-corrected chi connectivity index (χ0v) is 14.9. The summed E-state index contributed by atoms with van der Waals surface area (Å²) in [6.07, 6.45) is 1.76. The van der Waals surface area contributed by atoms with Crippen molar-refractivity contribution in [3.63, 3.8) is 0 Å². The van der Waals surface area contributed by atoms with Gasteiger partial charge in [0.1, 0.15) is 12.4 Å². The van der Waals surface area contributed by atoms with E-state index in [0.717, 1.165) is 41.7 Å². The Hall–Kier alpha value is -2.93. The van der Waals surface area contributed by atoms with Crippen LogP contribution >= 0.6 is 0 Å². The van der Waals surface area contributed by atoms with Gasteiger partial charge in [-0.1, -0.05) is 19.9 Å². The molecule has 3 aromatic rings. The van der Waals surface area contributed by atoms with Gasteiger partial charge < -0.3 is 9.64 Å². The van der Waals surface area contributed by atoms with E-state index < -0.39 is 4.92 Å². The SMILES string of the molecule is CCN(CC)CCOc1cc([N+](=O)[O-])ccc1-c1ccc2[nH]ncc2c1. The number of nitro benzene ring substituents is 1. The van der Waals surface area contributed by atoms with Crippen molar-refractivity contribution in [2.75, 3.05) is 26.2 Å². The summed E-state index contributed by atoms with van der Waals surface area (Å²) in [5.41, 5.74) is 2.74. The molecule has 0 fully saturated rings. The maximum Gasteiger partial charge on any atom is 0.273 e. The zero-order chi connectivity index (χ0) is 18.5. The van der Waals surface area contributed by atoms with Crippen molar-refractivity contribution in [3.05, 3.63) is 52.7 Å². The molecular formula is C19H22N4O3. The van der Waals surface area contributed by atoms with Crippen molar-refractivity contribution in [3.8, 4) is 16.9 Å². The van der Waals surface area contributed by atoms with E-state index in [4.69, 9.17) is 4.74 Å². The van der Waals surface area contributed by atoms with Gasteiger partial charge in [0, 0.05) is 23.6 Å². The summed E-state index contributed by atoms with van der Waals surface area (Å²) >= 11 is 0. The number of nitro groups is 1. The Balaban J connectivity index is 1.91. The third kappa shape index (κ3) is 3.83. The van der Waals surface area contributed by atoms with Gasteiger partial charge in [-0.25, -0.2) is 0 Å². The molecule has 7 nitrogen and oxygen atoms in total. The fourth-order valence-corrected chi connectivity index (χ4v) is 2.92. The number of H-pyrrole nitrogens is 1. The number of non-ortho nitro benzene ring substituents is 1. The first-order valence-corrected chi connectivity index (χ1v) is 8.69. The van der Waals surface area contributed by atoms with Crippen molar-refractivity contribution >= 4 is 16.6 Å². The van der Waals surface area contributed by atoms with Crippen LogP contribution in [0.4, 0.5) is 5.69 Å². The Bertz CT molecular complexity index is 903. The molecule has 0 aliphatic rings. The monoisotopic (exact) mass is 354 g/mol. The first-order valence-electron chi connectivity index (χ1n) is 8.69. The maximum atomic E-state index is 11.1. The van der Waals surface area contributed by atoms with Crippen molar-refractivity contribution in [1.82, 2.24) is 15.1 Å². The molecule has 136 valence electrons. The number of aromatic nitrogens is 2. The smallest absolute Gasteiger partial charge is 0.273 e. The Kier molecular flexibility index (Phi) is 5.48. The molecule has 0 aliphatic carbocycles. The molecule has 0 radical (unpaired) electrons. The normalized spacial score (nSPS) is 11.2. The summed E-state index contributed by atoms with van der Waals surface area (Å²) in [6.45, 7) is 7.34. The summed E-state index contributed by atoms with van der Waals surface area (Å²) in [5, 5.41) is 19.1. The van der Waals surface area contributed by atoms with Gasteiger partial charge in [-0.2, -0.15) is 5.10 Å². The highest BCUT2D eigenvalue weighted by molar-refractivity contribution is 5.85. The lowest BCUT2D eigenvalue weighted by atomic mass is 10.0. The van der Waals surface area contributed by atoms with E-state index in [-0.39, 0.29) is 5.69 Å². The first-order chi connectivity index (χ1) is 12.6. The Morgan fingerprint density at radius 3 is 2.73 bits per heavy atom. The quantitative estimate of drug-likeness (QED) is 0.490. The Morgan fingerprint density at radius 2 is 2.00 bits per heavy atom. The average Bonchev–Trinajstić information content (AvgIpc) is 3.12. The summed E-state index contributed by atoms with van der Waals surface area (Å²) in [4.78, 5) is 13.0. The highest BCUT2D eigenvalue weighted by Crippen LogP contribution is 2.34. The Labute approximate surface area is 151 Å². The maximum absolute atomic E-state index is 11.1. The number of nitrogens with zero attached hydrogens (tertiary/aromatic N) is 3. The van der Waals surface area contributed by atoms with E-state index in [9.17, 15) is 10.1 Å². The zero-order valence-electron chi connectivity index (χ0n) is 14.9. The summed E-state index contributed by atoms with van der Waals surface area (Å²) in [7, 11) is 0. The van der Waals surface area contributed by atoms with Crippen LogP contribution in [0, 0.1) is 10.1 Å². The summed E-state index contributed by atoms with van der Waals surface area (Å²) in [6, 6.07) is 10.6. The van der Waals surface area contributed by atoms with E-state index in [1.807, 2.05) is 18.2 Å². The Morgan fingerprint density at radius 1 is 1.19 bits per heavy atom. The number of fused-ring (bicyclic) bond motifs is 1. The molecule has 3 rings (SSSR count). The molecule has 0 bridgehead atoms. The van der Waals surface area contributed by atoms with Crippen LogP contribution in [0.15, 0.2) is 42.6 Å². The van der Waals surface area contributed by atoms with Gasteiger partial charge in [0.2, 0.25) is 0 Å². The van der Waals surface area contributed by atoms with E-state index in [1.54, 1.807) is 12.3 Å². The van der Waals surface area contributed by atoms with Crippen molar-refractivity contribution in [2.24, 2.45) is 0 Å². The van der Waals surface area contributed by atoms with Crippen LogP contribution in [-0.4, -0.2) is 46.3 Å². The van der Waals surface area contributed by atoms with Crippen LogP contribution in [-0.2, 0) is 0 Å². The van der Waals surface area contributed by atoms with Crippen LogP contribution < -0.4 is 4.74 Å². The fourth-order valence-electron chi connectivity index (χ4n) is 2.92. The highest BCUT2D eigenvalue weighted by Gasteiger charge is 2.14. The van der Waals surface area contributed by atoms with Gasteiger partial charge in [0.15, 0.2) is 0 Å². The van der Waals surface area contributed by atoms with Crippen molar-refractivity contribution in [2.45, 2.75) is 13.8 Å². The summed E-state index contributed by atoms with van der Waals surface area (Å²) < 4.78 is 5.94. The number of likely N-dealkylation sites (N-methyl/N-ethyl adjacent to an activating group) is 1. The van der Waals surface area contributed by atoms with E-state index >= 15 is 0 Å².